The second-order valence-corrected chi connectivity index (χ2v) is 4.03. The van der Waals surface area contributed by atoms with Gasteiger partial charge in [0.2, 0.25) is 5.91 Å². The Balaban J connectivity index is 2.73. The number of hydrogen-bond donors (Lipinski definition) is 0. The van der Waals surface area contributed by atoms with Crippen molar-refractivity contribution < 1.29 is 14.3 Å². The van der Waals surface area contributed by atoms with Crippen molar-refractivity contribution in [2.75, 3.05) is 13.7 Å². The molecule has 1 fully saturated rings. The Morgan fingerprint density at radius 2 is 2.31 bits per heavy atom. The largest absolute Gasteiger partial charge is 0.464 e. The van der Waals surface area contributed by atoms with Crippen molar-refractivity contribution in [3.63, 3.8) is 0 Å². The monoisotopic (exact) mass is 225 g/mol. The molecule has 1 amide bonds. The molecule has 0 bridgehead atoms. The van der Waals surface area contributed by atoms with E-state index in [-0.39, 0.29) is 5.91 Å². The Hall–Kier alpha value is -1.32. The lowest BCUT2D eigenvalue weighted by Gasteiger charge is -2.18. The molecule has 0 N–H and O–H groups in total. The molecule has 0 saturated carbocycles. The molecule has 4 nitrogen and oxygen atoms in total. The summed E-state index contributed by atoms with van der Waals surface area (Å²) in [7, 11) is 1.33. The van der Waals surface area contributed by atoms with Gasteiger partial charge in [0.05, 0.1) is 7.11 Å². The first-order valence-electron chi connectivity index (χ1n) is 5.69. The number of methoxy groups -OCH3 is 1. The first kappa shape index (κ1) is 12.7. The van der Waals surface area contributed by atoms with Crippen LogP contribution >= 0.6 is 0 Å². The van der Waals surface area contributed by atoms with Crippen LogP contribution in [0.15, 0.2) is 11.8 Å². The third-order valence-electron chi connectivity index (χ3n) is 2.86. The maximum Gasteiger partial charge on any atom is 0.354 e. The standard InChI is InChI=1S/C12H19NO3/c1-4-6-9-7-11(14)13(8-9)10(5-2)12(15)16-3/h5,9H,4,6-8H2,1-3H3/b10-5-/t9-/m0/s1. The van der Waals surface area contributed by atoms with Crippen LogP contribution in [0.3, 0.4) is 0 Å². The lowest BCUT2D eigenvalue weighted by atomic mass is 10.0. The minimum Gasteiger partial charge on any atom is -0.464 e. The summed E-state index contributed by atoms with van der Waals surface area (Å²) in [5.74, 6) is -0.0398. The molecule has 0 aromatic rings. The van der Waals surface area contributed by atoms with E-state index >= 15 is 0 Å². The number of carbonyl (C=O) groups is 2. The third-order valence-corrected chi connectivity index (χ3v) is 2.86. The number of carbonyl (C=O) groups excluding carboxylic acids is 2. The zero-order valence-electron chi connectivity index (χ0n) is 10.2. The van der Waals surface area contributed by atoms with E-state index in [0.29, 0.717) is 24.6 Å². The molecule has 16 heavy (non-hydrogen) atoms. The molecule has 1 heterocycles. The lowest BCUT2D eigenvalue weighted by Crippen LogP contribution is -2.29. The molecule has 1 atom stereocenters. The number of amides is 1. The average Bonchev–Trinajstić information content (AvgIpc) is 2.61. The zero-order valence-corrected chi connectivity index (χ0v) is 10.2. The van der Waals surface area contributed by atoms with Gasteiger partial charge >= 0.3 is 5.97 Å². The smallest absolute Gasteiger partial charge is 0.354 e. The van der Waals surface area contributed by atoms with E-state index in [2.05, 4.69) is 11.7 Å². The molecule has 90 valence electrons. The predicted molar refractivity (Wildman–Crippen MR) is 60.5 cm³/mol. The second-order valence-electron chi connectivity index (χ2n) is 4.03. The molecule has 0 spiro atoms. The number of allylic oxidation sites excluding steroid dienone is 1. The van der Waals surface area contributed by atoms with Crippen molar-refractivity contribution >= 4 is 11.9 Å². The van der Waals surface area contributed by atoms with Crippen LogP contribution in [0.25, 0.3) is 0 Å². The Morgan fingerprint density at radius 1 is 1.62 bits per heavy atom. The second kappa shape index (κ2) is 5.68. The topological polar surface area (TPSA) is 46.6 Å². The van der Waals surface area contributed by atoms with Gasteiger partial charge in [-0.3, -0.25) is 4.79 Å². The fourth-order valence-electron chi connectivity index (χ4n) is 2.10. The number of esters is 1. The van der Waals surface area contributed by atoms with Crippen molar-refractivity contribution in [3.8, 4) is 0 Å². The van der Waals surface area contributed by atoms with E-state index in [1.165, 1.54) is 7.11 Å². The highest BCUT2D eigenvalue weighted by molar-refractivity contribution is 5.94. The van der Waals surface area contributed by atoms with Crippen LogP contribution in [-0.2, 0) is 14.3 Å². The first-order chi connectivity index (χ1) is 7.63. The molecule has 1 saturated heterocycles. The van der Waals surface area contributed by atoms with Crippen LogP contribution in [0, 0.1) is 5.92 Å². The molecule has 4 heteroatoms. The number of rotatable bonds is 4. The van der Waals surface area contributed by atoms with Crippen LogP contribution < -0.4 is 0 Å². The zero-order chi connectivity index (χ0) is 12.1. The predicted octanol–water partition coefficient (Wildman–Crippen LogP) is 1.71. The Kier molecular flexibility index (Phi) is 4.52. The quantitative estimate of drug-likeness (QED) is 0.540. The van der Waals surface area contributed by atoms with Gasteiger partial charge in [-0.1, -0.05) is 19.4 Å². The van der Waals surface area contributed by atoms with E-state index < -0.39 is 5.97 Å². The number of ether oxygens (including phenoxy) is 1. The summed E-state index contributed by atoms with van der Waals surface area (Å²) in [5.41, 5.74) is 0.367. The van der Waals surface area contributed by atoms with Crippen molar-refractivity contribution in [2.45, 2.75) is 33.1 Å². The highest BCUT2D eigenvalue weighted by Gasteiger charge is 2.33. The fraction of sp³-hybridized carbons (Fsp3) is 0.667. The minimum atomic E-state index is -0.437. The van der Waals surface area contributed by atoms with Crippen molar-refractivity contribution in [3.05, 3.63) is 11.8 Å². The van der Waals surface area contributed by atoms with Gasteiger partial charge in [-0.2, -0.15) is 0 Å². The first-order valence-corrected chi connectivity index (χ1v) is 5.69. The van der Waals surface area contributed by atoms with Crippen molar-refractivity contribution in [1.82, 2.24) is 4.90 Å². The fourth-order valence-corrected chi connectivity index (χ4v) is 2.10. The maximum absolute atomic E-state index is 11.8. The summed E-state index contributed by atoms with van der Waals surface area (Å²) in [6.07, 6.45) is 4.27. The molecule has 0 radical (unpaired) electrons. The van der Waals surface area contributed by atoms with E-state index in [1.807, 2.05) is 0 Å². The van der Waals surface area contributed by atoms with Gasteiger partial charge in [-0.15, -0.1) is 0 Å². The van der Waals surface area contributed by atoms with Crippen LogP contribution in [0.4, 0.5) is 0 Å². The number of likely N-dealkylation sites (tertiary alicyclic amines) is 1. The molecule has 1 aliphatic heterocycles. The normalized spacial score (nSPS) is 21.4. The lowest BCUT2D eigenvalue weighted by molar-refractivity contribution is -0.140. The van der Waals surface area contributed by atoms with E-state index in [0.717, 1.165) is 12.8 Å². The SMILES string of the molecule is C/C=C(/C(=O)OC)N1C[C@@H](CCC)CC1=O. The molecule has 1 rings (SSSR count). The van der Waals surface area contributed by atoms with Crippen LogP contribution in [0.5, 0.6) is 0 Å². The molecule has 0 aliphatic carbocycles. The van der Waals surface area contributed by atoms with Gasteiger partial charge in [0.25, 0.3) is 0 Å². The van der Waals surface area contributed by atoms with Gasteiger partial charge < -0.3 is 9.64 Å². The van der Waals surface area contributed by atoms with Crippen LogP contribution in [-0.4, -0.2) is 30.4 Å². The van der Waals surface area contributed by atoms with Crippen LogP contribution in [0.2, 0.25) is 0 Å². The van der Waals surface area contributed by atoms with E-state index in [9.17, 15) is 9.59 Å². The van der Waals surface area contributed by atoms with Gasteiger partial charge in [-0.05, 0) is 19.3 Å². The molecular formula is C12H19NO3. The summed E-state index contributed by atoms with van der Waals surface area (Å²) in [6, 6.07) is 0. The highest BCUT2D eigenvalue weighted by Crippen LogP contribution is 2.25. The van der Waals surface area contributed by atoms with E-state index in [4.69, 9.17) is 0 Å². The van der Waals surface area contributed by atoms with Crippen LogP contribution in [0.1, 0.15) is 33.1 Å². The van der Waals surface area contributed by atoms with Gasteiger partial charge in [0, 0.05) is 13.0 Å². The molecule has 0 aromatic heterocycles. The van der Waals surface area contributed by atoms with Crippen molar-refractivity contribution in [1.29, 1.82) is 0 Å². The molecular weight excluding hydrogens is 206 g/mol. The summed E-state index contributed by atoms with van der Waals surface area (Å²) in [5, 5.41) is 0. The van der Waals surface area contributed by atoms with Gasteiger partial charge in [-0.25, -0.2) is 4.79 Å². The Morgan fingerprint density at radius 3 is 2.81 bits per heavy atom. The Labute approximate surface area is 96.3 Å². The Bertz CT molecular complexity index is 309. The number of hydrogen-bond acceptors (Lipinski definition) is 3. The van der Waals surface area contributed by atoms with E-state index in [1.54, 1.807) is 17.9 Å². The minimum absolute atomic E-state index is 0.0250. The summed E-state index contributed by atoms with van der Waals surface area (Å²) in [4.78, 5) is 24.8. The van der Waals surface area contributed by atoms with Gasteiger partial charge in [0.1, 0.15) is 5.70 Å². The summed E-state index contributed by atoms with van der Waals surface area (Å²) in [6.45, 7) is 4.48. The molecule has 1 aliphatic rings. The highest BCUT2D eigenvalue weighted by atomic mass is 16.5. The number of nitrogens with zero attached hydrogens (tertiary/aromatic N) is 1. The summed E-state index contributed by atoms with van der Waals surface area (Å²) >= 11 is 0. The van der Waals surface area contributed by atoms with Gasteiger partial charge in [0.15, 0.2) is 0 Å². The van der Waals surface area contributed by atoms with Crippen molar-refractivity contribution in [2.24, 2.45) is 5.92 Å². The summed E-state index contributed by atoms with van der Waals surface area (Å²) < 4.78 is 4.66. The average molecular weight is 225 g/mol. The maximum atomic E-state index is 11.8. The molecule has 0 aromatic carbocycles. The molecule has 0 unspecified atom stereocenters. The third kappa shape index (κ3) is 2.62.